The van der Waals surface area contributed by atoms with Gasteiger partial charge in [0.2, 0.25) is 0 Å². The van der Waals surface area contributed by atoms with Gasteiger partial charge in [-0.15, -0.1) is 15.3 Å². The number of nitrogens with zero attached hydrogens (tertiary/aromatic N) is 7. The zero-order valence-corrected chi connectivity index (χ0v) is 19.2. The summed E-state index contributed by atoms with van der Waals surface area (Å²) in [5, 5.41) is 19.7. The van der Waals surface area contributed by atoms with Crippen LogP contribution in [0.25, 0.3) is 33.8 Å². The number of hydrogen-bond acceptors (Lipinski definition) is 7. The van der Waals surface area contributed by atoms with Crippen molar-refractivity contribution >= 4 is 17.6 Å². The predicted octanol–water partition coefficient (Wildman–Crippen LogP) is 4.53. The number of aromatic nitrogens is 7. The number of benzene rings is 1. The fourth-order valence-electron chi connectivity index (χ4n) is 3.44. The van der Waals surface area contributed by atoms with Gasteiger partial charge in [0.05, 0.1) is 0 Å². The van der Waals surface area contributed by atoms with Crippen molar-refractivity contribution in [2.75, 3.05) is 5.32 Å². The smallest absolute Gasteiger partial charge is 0.413 e. The van der Waals surface area contributed by atoms with Crippen molar-refractivity contribution in [1.29, 1.82) is 0 Å². The highest BCUT2D eigenvalue weighted by Gasteiger charge is 2.19. The van der Waals surface area contributed by atoms with Gasteiger partial charge in [-0.1, -0.05) is 0 Å². The second-order valence-electron chi connectivity index (χ2n) is 8.72. The number of halogens is 1. The quantitative estimate of drug-likeness (QED) is 0.409. The van der Waals surface area contributed by atoms with Crippen LogP contribution in [0.4, 0.5) is 15.0 Å². The van der Waals surface area contributed by atoms with Crippen LogP contribution < -0.4 is 5.32 Å². The number of rotatable bonds is 4. The summed E-state index contributed by atoms with van der Waals surface area (Å²) < 4.78 is 22.1. The van der Waals surface area contributed by atoms with Gasteiger partial charge in [-0.2, -0.15) is 9.61 Å². The molecule has 0 radical (unpaired) electrons. The molecule has 11 heteroatoms. The van der Waals surface area contributed by atoms with E-state index in [-0.39, 0.29) is 5.82 Å². The second kappa shape index (κ2) is 8.60. The van der Waals surface area contributed by atoms with Crippen LogP contribution in [0.15, 0.2) is 67.3 Å². The lowest BCUT2D eigenvalue weighted by Crippen LogP contribution is -2.27. The van der Waals surface area contributed by atoms with Gasteiger partial charge in [-0.25, -0.2) is 18.9 Å². The fraction of sp³-hybridized carbons (Fsp3) is 0.167. The standard InChI is InChI=1S/C24H21FN8O2/c1-24(2,3)35-23(34)28-19-12-16(10-11-26-19)18-13-32(21-9-8-20-29-27-14-33(20)30-21)31-22(18)15-4-6-17(25)7-5-15/h4-14H,1-3H3,(H,26,28,34). The third-order valence-electron chi connectivity index (χ3n) is 4.91. The van der Waals surface area contributed by atoms with Gasteiger partial charge in [0.1, 0.15) is 29.3 Å². The van der Waals surface area contributed by atoms with E-state index in [1.54, 1.807) is 72.6 Å². The molecule has 0 spiro atoms. The topological polar surface area (TPSA) is 112 Å². The third-order valence-corrected chi connectivity index (χ3v) is 4.91. The first-order valence-corrected chi connectivity index (χ1v) is 10.7. The lowest BCUT2D eigenvalue weighted by molar-refractivity contribution is 0.0635. The number of amides is 1. The van der Waals surface area contributed by atoms with Crippen molar-refractivity contribution < 1.29 is 13.9 Å². The van der Waals surface area contributed by atoms with Crippen molar-refractivity contribution in [2.24, 2.45) is 0 Å². The predicted molar refractivity (Wildman–Crippen MR) is 126 cm³/mol. The van der Waals surface area contributed by atoms with Crippen LogP contribution in [0.2, 0.25) is 0 Å². The molecule has 4 aromatic heterocycles. The molecule has 0 saturated heterocycles. The van der Waals surface area contributed by atoms with Crippen molar-refractivity contribution in [2.45, 2.75) is 26.4 Å². The Labute approximate surface area is 199 Å². The van der Waals surface area contributed by atoms with Gasteiger partial charge in [-0.3, -0.25) is 5.32 Å². The van der Waals surface area contributed by atoms with Crippen LogP contribution in [0.3, 0.4) is 0 Å². The minimum atomic E-state index is -0.641. The Balaban J connectivity index is 1.57. The van der Waals surface area contributed by atoms with E-state index in [2.05, 4.69) is 25.6 Å². The molecule has 5 aromatic rings. The van der Waals surface area contributed by atoms with Gasteiger partial charge in [0.15, 0.2) is 11.5 Å². The van der Waals surface area contributed by atoms with E-state index >= 15 is 0 Å². The summed E-state index contributed by atoms with van der Waals surface area (Å²) in [6.45, 7) is 5.35. The van der Waals surface area contributed by atoms with Crippen molar-refractivity contribution in [1.82, 2.24) is 34.6 Å². The molecule has 0 aliphatic heterocycles. The molecule has 0 aliphatic carbocycles. The summed E-state index contributed by atoms with van der Waals surface area (Å²) in [4.78, 5) is 16.4. The van der Waals surface area contributed by atoms with Crippen LogP contribution in [0, 0.1) is 5.82 Å². The van der Waals surface area contributed by atoms with E-state index < -0.39 is 11.7 Å². The second-order valence-corrected chi connectivity index (χ2v) is 8.72. The molecule has 0 atom stereocenters. The summed E-state index contributed by atoms with van der Waals surface area (Å²) in [5.74, 6) is 0.508. The number of fused-ring (bicyclic) bond motifs is 1. The first-order valence-electron chi connectivity index (χ1n) is 10.7. The third kappa shape index (κ3) is 4.83. The van der Waals surface area contributed by atoms with Crippen LogP contribution in [0.1, 0.15) is 20.8 Å². The Kier molecular flexibility index (Phi) is 5.44. The van der Waals surface area contributed by atoms with Gasteiger partial charge in [0, 0.05) is 23.5 Å². The normalized spacial score (nSPS) is 11.5. The number of nitrogens with one attached hydrogen (secondary N) is 1. The maximum atomic E-state index is 13.6. The summed E-state index contributed by atoms with van der Waals surface area (Å²) in [5.41, 5.74) is 2.75. The SMILES string of the molecule is CC(C)(C)OC(=O)Nc1cc(-c2cn(-c3ccc4nncn4n3)nc2-c2ccc(F)cc2)ccn1. The molecule has 35 heavy (non-hydrogen) atoms. The lowest BCUT2D eigenvalue weighted by Gasteiger charge is -2.19. The molecule has 176 valence electrons. The molecule has 5 rings (SSSR count). The van der Waals surface area contributed by atoms with Crippen LogP contribution in [-0.2, 0) is 4.74 Å². The molecular formula is C24H21FN8O2. The molecule has 1 amide bonds. The molecule has 0 saturated carbocycles. The van der Waals surface area contributed by atoms with E-state index in [1.165, 1.54) is 18.5 Å². The fourth-order valence-corrected chi connectivity index (χ4v) is 3.44. The Bertz CT molecular complexity index is 1520. The Morgan fingerprint density at radius 3 is 2.60 bits per heavy atom. The summed E-state index contributed by atoms with van der Waals surface area (Å²) in [6, 6.07) is 13.1. The maximum absolute atomic E-state index is 13.6. The lowest BCUT2D eigenvalue weighted by atomic mass is 10.0. The largest absolute Gasteiger partial charge is 0.444 e. The van der Waals surface area contributed by atoms with Crippen molar-refractivity contribution in [3.63, 3.8) is 0 Å². The number of anilines is 1. The Morgan fingerprint density at radius 1 is 1.03 bits per heavy atom. The van der Waals surface area contributed by atoms with E-state index in [4.69, 9.17) is 9.84 Å². The number of carbonyl (C=O) groups is 1. The van der Waals surface area contributed by atoms with Crippen molar-refractivity contribution in [3.8, 4) is 28.2 Å². The van der Waals surface area contributed by atoms with Crippen molar-refractivity contribution in [3.05, 3.63) is 73.1 Å². The summed E-state index contributed by atoms with van der Waals surface area (Å²) in [6.07, 6.45) is 4.28. The Morgan fingerprint density at radius 2 is 1.83 bits per heavy atom. The average Bonchev–Trinajstić information content (AvgIpc) is 3.45. The van der Waals surface area contributed by atoms with E-state index in [0.29, 0.717) is 28.5 Å². The first-order chi connectivity index (χ1) is 16.7. The van der Waals surface area contributed by atoms with Crippen LogP contribution >= 0.6 is 0 Å². The molecule has 0 unspecified atom stereocenters. The van der Waals surface area contributed by atoms with E-state index in [9.17, 15) is 9.18 Å². The van der Waals surface area contributed by atoms with Gasteiger partial charge >= 0.3 is 6.09 Å². The highest BCUT2D eigenvalue weighted by molar-refractivity contribution is 5.86. The van der Waals surface area contributed by atoms with Gasteiger partial charge < -0.3 is 4.74 Å². The first kappa shape index (κ1) is 22.1. The van der Waals surface area contributed by atoms with Crippen LogP contribution in [0.5, 0.6) is 0 Å². The van der Waals surface area contributed by atoms with Gasteiger partial charge in [0.25, 0.3) is 0 Å². The molecule has 4 heterocycles. The number of ether oxygens (including phenoxy) is 1. The highest BCUT2D eigenvalue weighted by atomic mass is 19.1. The highest BCUT2D eigenvalue weighted by Crippen LogP contribution is 2.33. The number of hydrogen-bond donors (Lipinski definition) is 1. The zero-order chi connectivity index (χ0) is 24.6. The summed E-state index contributed by atoms with van der Waals surface area (Å²) in [7, 11) is 0. The molecule has 1 aromatic carbocycles. The minimum absolute atomic E-state index is 0.318. The molecule has 0 fully saturated rings. The van der Waals surface area contributed by atoms with Crippen LogP contribution in [-0.4, -0.2) is 46.3 Å². The average molecular weight is 472 g/mol. The molecule has 10 nitrogen and oxygen atoms in total. The molecular weight excluding hydrogens is 451 g/mol. The monoisotopic (exact) mass is 472 g/mol. The van der Waals surface area contributed by atoms with Gasteiger partial charge in [-0.05, 0) is 74.9 Å². The zero-order valence-electron chi connectivity index (χ0n) is 19.2. The maximum Gasteiger partial charge on any atom is 0.413 e. The number of pyridine rings is 1. The molecule has 0 aliphatic rings. The molecule has 1 N–H and O–H groups in total. The molecule has 0 bridgehead atoms. The number of carbonyl (C=O) groups excluding carboxylic acids is 1. The minimum Gasteiger partial charge on any atom is -0.444 e. The van der Waals surface area contributed by atoms with E-state index in [0.717, 1.165) is 11.1 Å². The summed E-state index contributed by atoms with van der Waals surface area (Å²) >= 11 is 0. The van der Waals surface area contributed by atoms with E-state index in [1.807, 2.05) is 6.20 Å². The Hall–Kier alpha value is -4.67.